The summed E-state index contributed by atoms with van der Waals surface area (Å²) in [5.74, 6) is 0. The summed E-state index contributed by atoms with van der Waals surface area (Å²) in [5, 5.41) is 4.58. The molecule has 2 heteroatoms. The van der Waals surface area contributed by atoms with Crippen LogP contribution in [0.1, 0.15) is 0 Å². The van der Waals surface area contributed by atoms with Crippen LogP contribution in [0.4, 0.5) is 17.1 Å². The highest BCUT2D eigenvalue weighted by atomic mass is 16.3. The zero-order valence-electron chi connectivity index (χ0n) is 32.9. The number of nitrogens with zero attached hydrogens (tertiary/aromatic N) is 1. The van der Waals surface area contributed by atoms with Crippen molar-refractivity contribution in [2.75, 3.05) is 4.90 Å². The second-order valence-electron chi connectivity index (χ2n) is 15.3. The topological polar surface area (TPSA) is 16.4 Å². The summed E-state index contributed by atoms with van der Waals surface area (Å²) in [6.45, 7) is 0. The van der Waals surface area contributed by atoms with E-state index < -0.39 is 0 Å². The normalized spacial score (nSPS) is 11.3. The summed E-state index contributed by atoms with van der Waals surface area (Å²) in [6.07, 6.45) is 0. The second-order valence-corrected chi connectivity index (χ2v) is 15.3. The Bertz CT molecular complexity index is 3260. The minimum absolute atomic E-state index is 0.895. The molecule has 0 spiro atoms. The first-order chi connectivity index (χ1) is 29.7. The SMILES string of the molecule is c1ccc(-c2ccc(-c3ccc(N(c4ccc(-c5ccccc5)cc4)c4ccc(-c5cccc6oc7c8ccccc8ccc7c56)cc4)cc3-c3ccccc3)cc2)cc1. The monoisotopic (exact) mass is 765 g/mol. The lowest BCUT2D eigenvalue weighted by molar-refractivity contribution is 0.673. The van der Waals surface area contributed by atoms with E-state index in [0.29, 0.717) is 0 Å². The number of hydrogen-bond acceptors (Lipinski definition) is 2. The van der Waals surface area contributed by atoms with E-state index in [1.165, 1.54) is 49.9 Å². The van der Waals surface area contributed by atoms with E-state index in [9.17, 15) is 0 Å². The van der Waals surface area contributed by atoms with Gasteiger partial charge < -0.3 is 9.32 Å². The molecule has 0 saturated heterocycles. The Morgan fingerprint density at radius 2 is 0.767 bits per heavy atom. The van der Waals surface area contributed by atoms with Gasteiger partial charge in [-0.15, -0.1) is 0 Å². The molecule has 2 nitrogen and oxygen atoms in total. The Labute approximate surface area is 349 Å². The Morgan fingerprint density at radius 1 is 0.283 bits per heavy atom. The van der Waals surface area contributed by atoms with Crippen molar-refractivity contribution in [3.63, 3.8) is 0 Å². The molecule has 0 saturated carbocycles. The minimum Gasteiger partial charge on any atom is -0.455 e. The minimum atomic E-state index is 0.895. The zero-order valence-corrected chi connectivity index (χ0v) is 32.9. The molecule has 0 N–H and O–H groups in total. The van der Waals surface area contributed by atoms with Gasteiger partial charge in [0.05, 0.1) is 0 Å². The van der Waals surface area contributed by atoms with Crippen molar-refractivity contribution in [1.29, 1.82) is 0 Å². The summed E-state index contributed by atoms with van der Waals surface area (Å²) >= 11 is 0. The van der Waals surface area contributed by atoms with Gasteiger partial charge in [0.15, 0.2) is 0 Å². The van der Waals surface area contributed by atoms with Crippen molar-refractivity contribution in [2.24, 2.45) is 0 Å². The van der Waals surface area contributed by atoms with Gasteiger partial charge in [-0.1, -0.05) is 188 Å². The predicted molar refractivity (Wildman–Crippen MR) is 253 cm³/mol. The van der Waals surface area contributed by atoms with Gasteiger partial charge in [-0.05, 0) is 110 Å². The number of hydrogen-bond donors (Lipinski definition) is 0. The Balaban J connectivity index is 1.03. The van der Waals surface area contributed by atoms with Crippen LogP contribution in [0.2, 0.25) is 0 Å². The van der Waals surface area contributed by atoms with Crippen LogP contribution in [0.15, 0.2) is 241 Å². The Morgan fingerprint density at radius 3 is 1.42 bits per heavy atom. The molecule has 0 bridgehead atoms. The highest BCUT2D eigenvalue weighted by Crippen LogP contribution is 2.44. The lowest BCUT2D eigenvalue weighted by Gasteiger charge is -2.27. The molecule has 60 heavy (non-hydrogen) atoms. The average Bonchev–Trinajstić information content (AvgIpc) is 3.73. The molecule has 0 unspecified atom stereocenters. The van der Waals surface area contributed by atoms with Crippen molar-refractivity contribution in [3.05, 3.63) is 237 Å². The molecular formula is C58H39NO. The number of anilines is 3. The maximum absolute atomic E-state index is 6.55. The van der Waals surface area contributed by atoms with Crippen LogP contribution >= 0.6 is 0 Å². The zero-order chi connectivity index (χ0) is 39.8. The van der Waals surface area contributed by atoms with Crippen LogP contribution in [0, 0.1) is 0 Å². The van der Waals surface area contributed by atoms with Gasteiger partial charge in [0.25, 0.3) is 0 Å². The maximum atomic E-state index is 6.55. The van der Waals surface area contributed by atoms with Crippen LogP contribution in [-0.4, -0.2) is 0 Å². The van der Waals surface area contributed by atoms with E-state index in [0.717, 1.165) is 55.5 Å². The van der Waals surface area contributed by atoms with Crippen molar-refractivity contribution >= 4 is 49.8 Å². The Kier molecular flexibility index (Phi) is 8.87. The van der Waals surface area contributed by atoms with E-state index in [-0.39, 0.29) is 0 Å². The van der Waals surface area contributed by atoms with Gasteiger partial charge in [-0.25, -0.2) is 0 Å². The predicted octanol–water partition coefficient (Wildman–Crippen LogP) is 16.5. The first-order valence-electron chi connectivity index (χ1n) is 20.5. The van der Waals surface area contributed by atoms with Gasteiger partial charge in [0.2, 0.25) is 0 Å². The van der Waals surface area contributed by atoms with Gasteiger partial charge in [0, 0.05) is 33.2 Å². The largest absolute Gasteiger partial charge is 0.455 e. The molecular weight excluding hydrogens is 727 g/mol. The molecule has 1 aromatic heterocycles. The first-order valence-corrected chi connectivity index (χ1v) is 20.5. The van der Waals surface area contributed by atoms with Gasteiger partial charge >= 0.3 is 0 Å². The van der Waals surface area contributed by atoms with Gasteiger partial charge in [-0.3, -0.25) is 0 Å². The van der Waals surface area contributed by atoms with Crippen LogP contribution in [0.5, 0.6) is 0 Å². The van der Waals surface area contributed by atoms with Crippen LogP contribution in [0.3, 0.4) is 0 Å². The standard InChI is InChI=1S/C58H39NO/c1-4-13-40(14-5-1)42-23-25-46(26-24-42)51-38-36-50(39-55(51)44-17-8-3-9-18-44)59(48-32-27-43(28-33-48)41-15-6-2-7-16-41)49-34-29-47(30-35-49)52-21-12-22-56-57(52)54-37-31-45-19-10-11-20-53(45)58(54)60-56/h1-39H. The number of fused-ring (bicyclic) bond motifs is 5. The molecule has 0 radical (unpaired) electrons. The smallest absolute Gasteiger partial charge is 0.143 e. The number of benzene rings is 10. The quantitative estimate of drug-likeness (QED) is 0.153. The molecule has 11 aromatic rings. The van der Waals surface area contributed by atoms with Gasteiger partial charge in [0.1, 0.15) is 11.2 Å². The first kappa shape index (κ1) is 35.2. The fraction of sp³-hybridized carbons (Fsp3) is 0. The average molecular weight is 766 g/mol. The summed E-state index contributed by atoms with van der Waals surface area (Å²) in [6, 6.07) is 84.8. The Hall–Kier alpha value is -7.94. The van der Waals surface area contributed by atoms with Crippen LogP contribution in [0.25, 0.3) is 88.3 Å². The molecule has 11 rings (SSSR count). The third kappa shape index (κ3) is 6.41. The van der Waals surface area contributed by atoms with E-state index in [4.69, 9.17) is 4.42 Å². The molecule has 1 heterocycles. The molecule has 10 aromatic carbocycles. The summed E-state index contributed by atoms with van der Waals surface area (Å²) < 4.78 is 6.55. The van der Waals surface area contributed by atoms with E-state index in [2.05, 4.69) is 241 Å². The fourth-order valence-electron chi connectivity index (χ4n) is 8.72. The van der Waals surface area contributed by atoms with Crippen molar-refractivity contribution in [3.8, 4) is 55.6 Å². The van der Waals surface area contributed by atoms with Crippen molar-refractivity contribution in [2.45, 2.75) is 0 Å². The van der Waals surface area contributed by atoms with Gasteiger partial charge in [-0.2, -0.15) is 0 Å². The highest BCUT2D eigenvalue weighted by Gasteiger charge is 2.19. The third-order valence-electron chi connectivity index (χ3n) is 11.7. The van der Waals surface area contributed by atoms with E-state index in [1.54, 1.807) is 0 Å². The second kappa shape index (κ2) is 15.1. The molecule has 0 aliphatic rings. The molecule has 0 aliphatic heterocycles. The lowest BCUT2D eigenvalue weighted by Crippen LogP contribution is -2.10. The lowest BCUT2D eigenvalue weighted by atomic mass is 9.92. The van der Waals surface area contributed by atoms with Crippen LogP contribution < -0.4 is 4.90 Å². The van der Waals surface area contributed by atoms with E-state index >= 15 is 0 Å². The molecule has 0 aliphatic carbocycles. The molecule has 0 fully saturated rings. The summed E-state index contributed by atoms with van der Waals surface area (Å²) in [5.41, 5.74) is 16.9. The summed E-state index contributed by atoms with van der Waals surface area (Å²) in [4.78, 5) is 2.37. The van der Waals surface area contributed by atoms with E-state index in [1.807, 2.05) is 0 Å². The van der Waals surface area contributed by atoms with Crippen molar-refractivity contribution in [1.82, 2.24) is 0 Å². The third-order valence-corrected chi connectivity index (χ3v) is 11.7. The number of rotatable bonds is 8. The number of furan rings is 1. The summed E-state index contributed by atoms with van der Waals surface area (Å²) in [7, 11) is 0. The maximum Gasteiger partial charge on any atom is 0.143 e. The van der Waals surface area contributed by atoms with Crippen molar-refractivity contribution < 1.29 is 4.42 Å². The molecule has 0 atom stereocenters. The van der Waals surface area contributed by atoms with Crippen LogP contribution in [-0.2, 0) is 0 Å². The molecule has 282 valence electrons. The highest BCUT2D eigenvalue weighted by molar-refractivity contribution is 6.19. The fourth-order valence-corrected chi connectivity index (χ4v) is 8.72. The molecule has 0 amide bonds.